The van der Waals surface area contributed by atoms with Gasteiger partial charge in [0.2, 0.25) is 5.91 Å². The fourth-order valence-electron chi connectivity index (χ4n) is 3.41. The van der Waals surface area contributed by atoms with Crippen LogP contribution in [-0.2, 0) is 24.3 Å². The molecular weight excluding hydrogens is 500 g/mol. The second-order valence-electron chi connectivity index (χ2n) is 7.54. The molecule has 3 aromatic carbocycles. The molecule has 0 atom stereocenters. The van der Waals surface area contributed by atoms with Crippen molar-refractivity contribution in [1.82, 2.24) is 0 Å². The standard InChI is InChI=1S/C26H26N2O8S/c1-4-36-20-13-11-19(12-14-20)28(37(32,33)21-8-6-5-7-9-21)17-24(29)27-23-16-18(25(30)34-2)10-15-22(23)26(31)35-3/h5-16H,4,17H2,1-3H3,(H,27,29). The van der Waals surface area contributed by atoms with Gasteiger partial charge in [-0.3, -0.25) is 9.10 Å². The Morgan fingerprint density at radius 2 is 1.51 bits per heavy atom. The molecule has 0 aliphatic heterocycles. The predicted molar refractivity (Wildman–Crippen MR) is 136 cm³/mol. The van der Waals surface area contributed by atoms with Crippen LogP contribution in [0, 0.1) is 0 Å². The molecule has 10 nitrogen and oxygen atoms in total. The highest BCUT2D eigenvalue weighted by Gasteiger charge is 2.28. The predicted octanol–water partition coefficient (Wildman–Crippen LogP) is 3.49. The number of rotatable bonds is 10. The average Bonchev–Trinajstić information content (AvgIpc) is 2.92. The van der Waals surface area contributed by atoms with Gasteiger partial charge in [-0.1, -0.05) is 18.2 Å². The van der Waals surface area contributed by atoms with E-state index in [0.29, 0.717) is 12.4 Å². The van der Waals surface area contributed by atoms with Crippen molar-refractivity contribution in [2.75, 3.05) is 37.0 Å². The van der Waals surface area contributed by atoms with Crippen LogP contribution < -0.4 is 14.4 Å². The Labute approximate surface area is 214 Å². The largest absolute Gasteiger partial charge is 0.494 e. The molecule has 0 saturated heterocycles. The van der Waals surface area contributed by atoms with Crippen LogP contribution in [0.15, 0.2) is 77.7 Å². The molecule has 0 bridgehead atoms. The third kappa shape index (κ3) is 6.44. The van der Waals surface area contributed by atoms with Crippen molar-refractivity contribution in [1.29, 1.82) is 0 Å². The normalized spacial score (nSPS) is 10.8. The minimum absolute atomic E-state index is 0.0142. The van der Waals surface area contributed by atoms with Crippen LogP contribution in [-0.4, -0.2) is 53.6 Å². The van der Waals surface area contributed by atoms with E-state index in [1.54, 1.807) is 30.3 Å². The summed E-state index contributed by atoms with van der Waals surface area (Å²) in [7, 11) is -1.80. The fourth-order valence-corrected chi connectivity index (χ4v) is 4.85. The number of esters is 2. The average molecular weight is 527 g/mol. The maximum atomic E-state index is 13.5. The molecule has 0 spiro atoms. The molecule has 0 fully saturated rings. The molecule has 1 amide bonds. The number of nitrogens with one attached hydrogen (secondary N) is 1. The van der Waals surface area contributed by atoms with Crippen LogP contribution in [0.1, 0.15) is 27.6 Å². The van der Waals surface area contributed by atoms with Gasteiger partial charge in [0.25, 0.3) is 10.0 Å². The van der Waals surface area contributed by atoms with E-state index in [-0.39, 0.29) is 27.4 Å². The number of methoxy groups -OCH3 is 2. The molecule has 0 aliphatic rings. The zero-order valence-corrected chi connectivity index (χ0v) is 21.3. The monoisotopic (exact) mass is 526 g/mol. The number of hydrogen-bond acceptors (Lipinski definition) is 8. The fraction of sp³-hybridized carbons (Fsp3) is 0.192. The van der Waals surface area contributed by atoms with E-state index < -0.39 is 34.4 Å². The lowest BCUT2D eigenvalue weighted by molar-refractivity contribution is -0.114. The van der Waals surface area contributed by atoms with Gasteiger partial charge < -0.3 is 19.5 Å². The smallest absolute Gasteiger partial charge is 0.339 e. The van der Waals surface area contributed by atoms with Gasteiger partial charge in [0.1, 0.15) is 12.3 Å². The molecule has 0 heterocycles. The van der Waals surface area contributed by atoms with Crippen LogP contribution in [0.2, 0.25) is 0 Å². The number of ether oxygens (including phenoxy) is 3. The Morgan fingerprint density at radius 3 is 2.11 bits per heavy atom. The summed E-state index contributed by atoms with van der Waals surface area (Å²) >= 11 is 0. The van der Waals surface area contributed by atoms with Gasteiger partial charge in [0.05, 0.1) is 48.2 Å². The zero-order valence-electron chi connectivity index (χ0n) is 20.5. The first-order valence-electron chi connectivity index (χ1n) is 11.1. The summed E-state index contributed by atoms with van der Waals surface area (Å²) in [5.74, 6) is -1.67. The summed E-state index contributed by atoms with van der Waals surface area (Å²) in [4.78, 5) is 37.3. The molecule has 0 saturated carbocycles. The summed E-state index contributed by atoms with van der Waals surface area (Å²) in [6, 6.07) is 17.8. The Morgan fingerprint density at radius 1 is 0.865 bits per heavy atom. The number of anilines is 2. The van der Waals surface area contributed by atoms with E-state index in [4.69, 9.17) is 14.2 Å². The first kappa shape index (κ1) is 27.2. The molecule has 0 aliphatic carbocycles. The third-order valence-corrected chi connectivity index (χ3v) is 6.96. The zero-order chi connectivity index (χ0) is 27.0. The van der Waals surface area contributed by atoms with E-state index >= 15 is 0 Å². The summed E-state index contributed by atoms with van der Waals surface area (Å²) in [6.07, 6.45) is 0. The summed E-state index contributed by atoms with van der Waals surface area (Å²) in [6.45, 7) is 1.62. The number of carbonyl (C=O) groups excluding carboxylic acids is 3. The van der Waals surface area contributed by atoms with Crippen LogP contribution in [0.25, 0.3) is 0 Å². The highest BCUT2D eigenvalue weighted by molar-refractivity contribution is 7.92. The lowest BCUT2D eigenvalue weighted by Gasteiger charge is -2.24. The number of hydrogen-bond donors (Lipinski definition) is 1. The van der Waals surface area contributed by atoms with Gasteiger partial charge in [-0.2, -0.15) is 0 Å². The first-order chi connectivity index (χ1) is 17.7. The van der Waals surface area contributed by atoms with Gasteiger partial charge in [0, 0.05) is 0 Å². The molecule has 11 heteroatoms. The molecule has 1 N–H and O–H groups in total. The van der Waals surface area contributed by atoms with Crippen molar-refractivity contribution in [3.05, 3.63) is 83.9 Å². The maximum Gasteiger partial charge on any atom is 0.339 e. The molecule has 194 valence electrons. The van der Waals surface area contributed by atoms with Crippen molar-refractivity contribution in [2.45, 2.75) is 11.8 Å². The minimum atomic E-state index is -4.16. The minimum Gasteiger partial charge on any atom is -0.494 e. The number of amides is 1. The Kier molecular flexibility index (Phi) is 8.86. The lowest BCUT2D eigenvalue weighted by Crippen LogP contribution is -2.38. The second-order valence-corrected chi connectivity index (χ2v) is 9.41. The van der Waals surface area contributed by atoms with Crippen molar-refractivity contribution in [3.8, 4) is 5.75 Å². The van der Waals surface area contributed by atoms with Gasteiger partial charge in [-0.05, 0) is 61.5 Å². The van der Waals surface area contributed by atoms with E-state index in [1.807, 2.05) is 6.92 Å². The maximum absolute atomic E-state index is 13.5. The number of benzene rings is 3. The molecule has 3 rings (SSSR count). The summed E-state index contributed by atoms with van der Waals surface area (Å²) in [5.41, 5.74) is 0.232. The Balaban J connectivity index is 1.99. The SMILES string of the molecule is CCOc1ccc(N(CC(=O)Nc2cc(C(=O)OC)ccc2C(=O)OC)S(=O)(=O)c2ccccc2)cc1. The molecule has 0 radical (unpaired) electrons. The van der Waals surface area contributed by atoms with Gasteiger partial charge in [-0.15, -0.1) is 0 Å². The number of sulfonamides is 1. The van der Waals surface area contributed by atoms with E-state index in [2.05, 4.69) is 5.32 Å². The van der Waals surface area contributed by atoms with Crippen molar-refractivity contribution < 1.29 is 37.0 Å². The van der Waals surface area contributed by atoms with Crippen LogP contribution in [0.4, 0.5) is 11.4 Å². The number of carbonyl (C=O) groups is 3. The summed E-state index contributed by atoms with van der Waals surface area (Å²) < 4.78 is 42.9. The molecular formula is C26H26N2O8S. The lowest BCUT2D eigenvalue weighted by atomic mass is 10.1. The number of nitrogens with zero attached hydrogens (tertiary/aromatic N) is 1. The van der Waals surface area contributed by atoms with Crippen LogP contribution in [0.5, 0.6) is 5.75 Å². The highest BCUT2D eigenvalue weighted by Crippen LogP contribution is 2.26. The Bertz CT molecular complexity index is 1370. The first-order valence-corrected chi connectivity index (χ1v) is 12.6. The van der Waals surface area contributed by atoms with E-state index in [1.165, 1.54) is 56.7 Å². The third-order valence-electron chi connectivity index (χ3n) is 5.17. The van der Waals surface area contributed by atoms with Gasteiger partial charge >= 0.3 is 11.9 Å². The molecule has 37 heavy (non-hydrogen) atoms. The quantitative estimate of drug-likeness (QED) is 0.398. The van der Waals surface area contributed by atoms with Gasteiger partial charge in [0.15, 0.2) is 0 Å². The topological polar surface area (TPSA) is 128 Å². The van der Waals surface area contributed by atoms with Crippen molar-refractivity contribution >= 4 is 39.2 Å². The highest BCUT2D eigenvalue weighted by atomic mass is 32.2. The van der Waals surface area contributed by atoms with Gasteiger partial charge in [-0.25, -0.2) is 18.0 Å². The molecule has 3 aromatic rings. The van der Waals surface area contributed by atoms with Crippen molar-refractivity contribution in [2.24, 2.45) is 0 Å². The van der Waals surface area contributed by atoms with Crippen LogP contribution >= 0.6 is 0 Å². The van der Waals surface area contributed by atoms with Crippen LogP contribution in [0.3, 0.4) is 0 Å². The molecule has 0 aromatic heterocycles. The second kappa shape index (κ2) is 12.0. The molecule has 0 unspecified atom stereocenters. The van der Waals surface area contributed by atoms with Crippen molar-refractivity contribution in [3.63, 3.8) is 0 Å². The van der Waals surface area contributed by atoms with E-state index in [0.717, 1.165) is 4.31 Å². The summed E-state index contributed by atoms with van der Waals surface area (Å²) in [5, 5.41) is 2.52. The Hall–Kier alpha value is -4.38. The van der Waals surface area contributed by atoms with E-state index in [9.17, 15) is 22.8 Å².